The molecule has 0 aromatic carbocycles. The maximum atomic E-state index is 12.9. The summed E-state index contributed by atoms with van der Waals surface area (Å²) in [6.45, 7) is 3.11. The van der Waals surface area contributed by atoms with Gasteiger partial charge in [-0.2, -0.15) is 4.98 Å². The number of nitrogens with zero attached hydrogens (tertiary/aromatic N) is 4. The molecule has 0 aliphatic carbocycles. The van der Waals surface area contributed by atoms with Crippen LogP contribution in [0.5, 0.6) is 0 Å². The maximum absolute atomic E-state index is 12.9. The van der Waals surface area contributed by atoms with E-state index in [1.807, 2.05) is 18.2 Å². The number of rotatable bonds is 3. The van der Waals surface area contributed by atoms with Gasteiger partial charge in [0.15, 0.2) is 5.65 Å². The van der Waals surface area contributed by atoms with Gasteiger partial charge in [-0.1, -0.05) is 6.92 Å². The van der Waals surface area contributed by atoms with E-state index in [2.05, 4.69) is 31.8 Å². The van der Waals surface area contributed by atoms with Crippen LogP contribution < -0.4 is 10.5 Å². The lowest BCUT2D eigenvalue weighted by atomic mass is 10.0. The van der Waals surface area contributed by atoms with Gasteiger partial charge < -0.3 is 4.90 Å². The molecule has 3 aromatic heterocycles. The van der Waals surface area contributed by atoms with Gasteiger partial charge in [0.1, 0.15) is 0 Å². The molecule has 6 nitrogen and oxygen atoms in total. The zero-order chi connectivity index (χ0) is 17.2. The first kappa shape index (κ1) is 15.7. The Bertz CT molecular complexity index is 937. The van der Waals surface area contributed by atoms with Gasteiger partial charge in [0, 0.05) is 31.2 Å². The summed E-state index contributed by atoms with van der Waals surface area (Å²) in [5, 5.41) is 0.530. The van der Waals surface area contributed by atoms with Crippen LogP contribution in [0, 0.1) is 0 Å². The minimum absolute atomic E-state index is 0.139. The van der Waals surface area contributed by atoms with Crippen molar-refractivity contribution in [3.05, 3.63) is 47.1 Å². The fraction of sp³-hybridized carbons (Fsp3) is 0.368. The molecule has 128 valence electrons. The van der Waals surface area contributed by atoms with E-state index in [4.69, 9.17) is 0 Å². The second-order valence-electron chi connectivity index (χ2n) is 6.43. The van der Waals surface area contributed by atoms with Gasteiger partial charge in [-0.25, -0.2) is 4.98 Å². The summed E-state index contributed by atoms with van der Waals surface area (Å²) >= 11 is 0. The van der Waals surface area contributed by atoms with E-state index in [1.54, 1.807) is 18.6 Å². The van der Waals surface area contributed by atoms with Gasteiger partial charge in [-0.05, 0) is 55.0 Å². The first-order valence-corrected chi connectivity index (χ1v) is 8.84. The molecule has 0 bridgehead atoms. The molecule has 0 saturated carbocycles. The topological polar surface area (TPSA) is 74.8 Å². The van der Waals surface area contributed by atoms with E-state index in [0.717, 1.165) is 36.9 Å². The maximum Gasteiger partial charge on any atom is 0.262 e. The predicted molar refractivity (Wildman–Crippen MR) is 98.7 cm³/mol. The average Bonchev–Trinajstić information content (AvgIpc) is 2.68. The predicted octanol–water partition coefficient (Wildman–Crippen LogP) is 3.15. The molecule has 1 unspecified atom stereocenters. The third kappa shape index (κ3) is 2.88. The highest BCUT2D eigenvalue weighted by Crippen LogP contribution is 2.27. The lowest BCUT2D eigenvalue weighted by Gasteiger charge is -2.35. The van der Waals surface area contributed by atoms with Crippen LogP contribution in [0.2, 0.25) is 0 Å². The quantitative estimate of drug-likeness (QED) is 0.796. The highest BCUT2D eigenvalue weighted by Gasteiger charge is 2.24. The third-order valence-corrected chi connectivity index (χ3v) is 4.96. The molecule has 1 fully saturated rings. The Morgan fingerprint density at radius 3 is 2.84 bits per heavy atom. The molecular formula is C19H21N5O. The van der Waals surface area contributed by atoms with Crippen molar-refractivity contribution in [2.24, 2.45) is 0 Å². The monoisotopic (exact) mass is 335 g/mol. The van der Waals surface area contributed by atoms with Crippen LogP contribution in [0.25, 0.3) is 22.2 Å². The van der Waals surface area contributed by atoms with Gasteiger partial charge >= 0.3 is 0 Å². The lowest BCUT2D eigenvalue weighted by molar-refractivity contribution is 0.443. The number of pyridine rings is 2. The molecule has 0 amide bonds. The molecule has 0 radical (unpaired) electrons. The van der Waals surface area contributed by atoms with E-state index in [-0.39, 0.29) is 5.56 Å². The van der Waals surface area contributed by atoms with Crippen molar-refractivity contribution < 1.29 is 0 Å². The van der Waals surface area contributed by atoms with Crippen molar-refractivity contribution in [2.45, 2.75) is 38.6 Å². The van der Waals surface area contributed by atoms with Crippen molar-refractivity contribution in [3.63, 3.8) is 0 Å². The largest absolute Gasteiger partial charge is 0.339 e. The zero-order valence-electron chi connectivity index (χ0n) is 14.3. The molecule has 25 heavy (non-hydrogen) atoms. The van der Waals surface area contributed by atoms with E-state index in [1.165, 1.54) is 6.42 Å². The van der Waals surface area contributed by atoms with Crippen molar-refractivity contribution in [3.8, 4) is 11.1 Å². The molecule has 4 rings (SSSR count). The van der Waals surface area contributed by atoms with Gasteiger partial charge in [0.05, 0.1) is 5.39 Å². The highest BCUT2D eigenvalue weighted by atomic mass is 16.1. The van der Waals surface area contributed by atoms with Crippen molar-refractivity contribution >= 4 is 17.0 Å². The summed E-state index contributed by atoms with van der Waals surface area (Å²) < 4.78 is 0. The molecule has 1 N–H and O–H groups in total. The lowest BCUT2D eigenvalue weighted by Crippen LogP contribution is -2.41. The molecule has 4 heterocycles. The Balaban J connectivity index is 1.85. The zero-order valence-corrected chi connectivity index (χ0v) is 14.3. The molecule has 3 aromatic rings. The van der Waals surface area contributed by atoms with Crippen LogP contribution in [0.3, 0.4) is 0 Å². The van der Waals surface area contributed by atoms with Gasteiger partial charge in [0.2, 0.25) is 5.95 Å². The number of aromatic amines is 1. The number of piperidine rings is 1. The summed E-state index contributed by atoms with van der Waals surface area (Å²) in [6, 6.07) is 6.06. The van der Waals surface area contributed by atoms with Gasteiger partial charge in [-0.15, -0.1) is 0 Å². The molecule has 1 aliphatic heterocycles. The van der Waals surface area contributed by atoms with Crippen molar-refractivity contribution in [1.82, 2.24) is 19.9 Å². The Morgan fingerprint density at radius 2 is 2.04 bits per heavy atom. The van der Waals surface area contributed by atoms with Crippen LogP contribution in [0.15, 0.2) is 41.6 Å². The van der Waals surface area contributed by atoms with Crippen LogP contribution in [0.1, 0.15) is 32.6 Å². The van der Waals surface area contributed by atoms with Gasteiger partial charge in [-0.3, -0.25) is 14.8 Å². The Kier molecular flexibility index (Phi) is 4.17. The van der Waals surface area contributed by atoms with Crippen LogP contribution in [-0.2, 0) is 0 Å². The van der Waals surface area contributed by atoms with Crippen molar-refractivity contribution in [2.75, 3.05) is 11.4 Å². The number of aromatic nitrogens is 4. The summed E-state index contributed by atoms with van der Waals surface area (Å²) in [5.41, 5.74) is 2.12. The van der Waals surface area contributed by atoms with Crippen LogP contribution in [0.4, 0.5) is 5.95 Å². The number of fused-ring (bicyclic) bond motifs is 1. The molecule has 1 atom stereocenters. The van der Waals surface area contributed by atoms with Crippen molar-refractivity contribution in [1.29, 1.82) is 0 Å². The smallest absolute Gasteiger partial charge is 0.262 e. The third-order valence-electron chi connectivity index (χ3n) is 4.96. The molecule has 6 heteroatoms. The minimum Gasteiger partial charge on any atom is -0.339 e. The van der Waals surface area contributed by atoms with E-state index < -0.39 is 0 Å². The highest BCUT2D eigenvalue weighted by molar-refractivity contribution is 5.92. The summed E-state index contributed by atoms with van der Waals surface area (Å²) in [5.74, 6) is 0.642. The second-order valence-corrected chi connectivity index (χ2v) is 6.43. The van der Waals surface area contributed by atoms with Crippen LogP contribution >= 0.6 is 0 Å². The van der Waals surface area contributed by atoms with E-state index >= 15 is 0 Å². The first-order valence-electron chi connectivity index (χ1n) is 8.84. The molecule has 1 aliphatic rings. The number of H-pyrrole nitrogens is 1. The molecular weight excluding hydrogens is 314 g/mol. The fourth-order valence-electron chi connectivity index (χ4n) is 3.66. The SMILES string of the molecule is CCC1CCCCN1c1nc2nccc(-c3ccncc3)c2c(=O)[nH]1. The number of anilines is 1. The average molecular weight is 335 g/mol. The number of hydrogen-bond acceptors (Lipinski definition) is 5. The Morgan fingerprint density at radius 1 is 1.20 bits per heavy atom. The normalized spacial score (nSPS) is 17.8. The Labute approximate surface area is 146 Å². The summed E-state index contributed by atoms with van der Waals surface area (Å²) in [7, 11) is 0. The number of hydrogen-bond donors (Lipinski definition) is 1. The minimum atomic E-state index is -0.139. The van der Waals surface area contributed by atoms with Crippen LogP contribution in [-0.4, -0.2) is 32.5 Å². The molecule has 0 spiro atoms. The summed E-state index contributed by atoms with van der Waals surface area (Å²) in [6.07, 6.45) is 9.70. The standard InChI is InChI=1S/C19H21N5O/c1-2-14-5-3-4-12-24(14)19-22-17-16(18(25)23-19)15(8-11-21-17)13-6-9-20-10-7-13/h6-11,14H,2-5,12H2,1H3,(H,21,22,23,25). The number of nitrogens with one attached hydrogen (secondary N) is 1. The summed E-state index contributed by atoms with van der Waals surface area (Å²) in [4.78, 5) is 31.2. The van der Waals surface area contributed by atoms with E-state index in [0.29, 0.717) is 23.0 Å². The van der Waals surface area contributed by atoms with Gasteiger partial charge in [0.25, 0.3) is 5.56 Å². The second kappa shape index (κ2) is 6.63. The first-order chi connectivity index (χ1) is 12.3. The fourth-order valence-corrected chi connectivity index (χ4v) is 3.66. The Hall–Kier alpha value is -2.76. The molecule has 1 saturated heterocycles. The van der Waals surface area contributed by atoms with E-state index in [9.17, 15) is 4.79 Å².